The molecule has 1 heterocycles. The molecular formula is C15H23BrN2. The molecular weight excluding hydrogens is 288 g/mol. The molecule has 1 fully saturated rings. The van der Waals surface area contributed by atoms with Gasteiger partial charge in [-0.3, -0.25) is 0 Å². The fourth-order valence-corrected chi connectivity index (χ4v) is 3.30. The Morgan fingerprint density at radius 3 is 2.50 bits per heavy atom. The van der Waals surface area contributed by atoms with Gasteiger partial charge < -0.3 is 10.6 Å². The maximum absolute atomic E-state index is 6.11. The third kappa shape index (κ3) is 2.79. The van der Waals surface area contributed by atoms with Crippen molar-refractivity contribution >= 4 is 15.9 Å². The van der Waals surface area contributed by atoms with Gasteiger partial charge in [0.25, 0.3) is 0 Å². The van der Waals surface area contributed by atoms with E-state index in [0.717, 1.165) is 36.9 Å². The first kappa shape index (κ1) is 14.0. The number of nitrogens with zero attached hydrogens (tertiary/aromatic N) is 1. The van der Waals surface area contributed by atoms with Gasteiger partial charge >= 0.3 is 0 Å². The normalized spacial score (nSPS) is 20.3. The largest absolute Gasteiger partial charge is 0.330 e. The quantitative estimate of drug-likeness (QED) is 0.929. The van der Waals surface area contributed by atoms with Gasteiger partial charge in [-0.1, -0.05) is 28.1 Å². The minimum atomic E-state index is 0.176. The van der Waals surface area contributed by atoms with Gasteiger partial charge in [0, 0.05) is 22.5 Å². The molecule has 2 N–H and O–H groups in total. The van der Waals surface area contributed by atoms with Crippen LogP contribution in [-0.2, 0) is 5.41 Å². The minimum Gasteiger partial charge on any atom is -0.330 e. The van der Waals surface area contributed by atoms with E-state index < -0.39 is 0 Å². The van der Waals surface area contributed by atoms with Gasteiger partial charge in [0.05, 0.1) is 0 Å². The summed E-state index contributed by atoms with van der Waals surface area (Å²) in [5.74, 6) is 0. The maximum atomic E-state index is 6.11. The predicted octanol–water partition coefficient (Wildman–Crippen LogP) is 3.15. The summed E-state index contributed by atoms with van der Waals surface area (Å²) in [7, 11) is 0. The highest BCUT2D eigenvalue weighted by Crippen LogP contribution is 2.36. The summed E-state index contributed by atoms with van der Waals surface area (Å²) in [6.45, 7) is 7.60. The molecule has 1 aliphatic rings. The van der Waals surface area contributed by atoms with Crippen molar-refractivity contribution in [3.05, 3.63) is 34.3 Å². The molecule has 1 saturated heterocycles. The first-order valence-electron chi connectivity index (χ1n) is 6.77. The molecule has 0 saturated carbocycles. The molecule has 0 bridgehead atoms. The van der Waals surface area contributed by atoms with Crippen molar-refractivity contribution in [2.75, 3.05) is 19.6 Å². The number of likely N-dealkylation sites (tertiary alicyclic amines) is 1. The monoisotopic (exact) mass is 310 g/mol. The smallest absolute Gasteiger partial charge is 0.0178 e. The number of benzene rings is 1. The Labute approximate surface area is 119 Å². The molecule has 0 aromatic heterocycles. The second kappa shape index (κ2) is 5.72. The standard InChI is InChI=1S/C15H23BrN2/c1-12(2)18-8-6-15(11-17,7-9-18)13-4-3-5-14(16)10-13/h3-5,10,12H,6-9,11,17H2,1-2H3. The lowest BCUT2D eigenvalue weighted by Gasteiger charge is -2.43. The minimum absolute atomic E-state index is 0.176. The average Bonchev–Trinajstić information content (AvgIpc) is 2.38. The molecule has 0 unspecified atom stereocenters. The van der Waals surface area contributed by atoms with Crippen molar-refractivity contribution in [1.82, 2.24) is 4.90 Å². The summed E-state index contributed by atoms with van der Waals surface area (Å²) < 4.78 is 1.15. The van der Waals surface area contributed by atoms with E-state index in [4.69, 9.17) is 5.73 Å². The van der Waals surface area contributed by atoms with Crippen molar-refractivity contribution in [2.45, 2.75) is 38.1 Å². The zero-order chi connectivity index (χ0) is 13.2. The molecule has 2 nitrogen and oxygen atoms in total. The van der Waals surface area contributed by atoms with Gasteiger partial charge in [-0.05, 0) is 57.5 Å². The highest BCUT2D eigenvalue weighted by atomic mass is 79.9. The molecule has 18 heavy (non-hydrogen) atoms. The van der Waals surface area contributed by atoms with Crippen LogP contribution in [-0.4, -0.2) is 30.6 Å². The summed E-state index contributed by atoms with van der Waals surface area (Å²) in [6, 6.07) is 9.30. The average molecular weight is 311 g/mol. The van der Waals surface area contributed by atoms with E-state index in [2.05, 4.69) is 58.9 Å². The Kier molecular flexibility index (Phi) is 4.46. The first-order valence-corrected chi connectivity index (χ1v) is 7.57. The molecule has 0 atom stereocenters. The molecule has 0 amide bonds. The van der Waals surface area contributed by atoms with Crippen molar-refractivity contribution < 1.29 is 0 Å². The third-order valence-electron chi connectivity index (χ3n) is 4.31. The lowest BCUT2D eigenvalue weighted by molar-refractivity contribution is 0.132. The van der Waals surface area contributed by atoms with Crippen molar-refractivity contribution in [2.24, 2.45) is 5.73 Å². The molecule has 1 aliphatic heterocycles. The first-order chi connectivity index (χ1) is 8.57. The van der Waals surface area contributed by atoms with Crippen molar-refractivity contribution in [1.29, 1.82) is 0 Å². The van der Waals surface area contributed by atoms with Gasteiger partial charge in [-0.15, -0.1) is 0 Å². The second-order valence-corrected chi connectivity index (χ2v) is 6.54. The van der Waals surface area contributed by atoms with Gasteiger partial charge in [0.1, 0.15) is 0 Å². The van der Waals surface area contributed by atoms with Crippen molar-refractivity contribution in [3.63, 3.8) is 0 Å². The number of nitrogens with two attached hydrogens (primary N) is 1. The van der Waals surface area contributed by atoms with E-state index in [1.807, 2.05) is 0 Å². The van der Waals surface area contributed by atoms with Crippen molar-refractivity contribution in [3.8, 4) is 0 Å². The van der Waals surface area contributed by atoms with Crippen LogP contribution in [0.2, 0.25) is 0 Å². The molecule has 0 radical (unpaired) electrons. The highest BCUT2D eigenvalue weighted by molar-refractivity contribution is 9.10. The number of halogens is 1. The summed E-state index contributed by atoms with van der Waals surface area (Å²) >= 11 is 3.57. The molecule has 0 aliphatic carbocycles. The van der Waals surface area contributed by atoms with Crippen LogP contribution in [0.3, 0.4) is 0 Å². The van der Waals surface area contributed by atoms with Gasteiger partial charge in [0.15, 0.2) is 0 Å². The third-order valence-corrected chi connectivity index (χ3v) is 4.81. The maximum Gasteiger partial charge on any atom is 0.0178 e. The van der Waals surface area contributed by atoms with Crippen LogP contribution in [0.15, 0.2) is 28.7 Å². The van der Waals surface area contributed by atoms with Crippen LogP contribution in [0.25, 0.3) is 0 Å². The van der Waals surface area contributed by atoms with Crippen LogP contribution in [0, 0.1) is 0 Å². The Morgan fingerprint density at radius 1 is 1.33 bits per heavy atom. The second-order valence-electron chi connectivity index (χ2n) is 5.62. The zero-order valence-corrected chi connectivity index (χ0v) is 12.9. The molecule has 3 heteroatoms. The van der Waals surface area contributed by atoms with Crippen LogP contribution < -0.4 is 5.73 Å². The molecule has 0 spiro atoms. The summed E-state index contributed by atoms with van der Waals surface area (Å²) in [5.41, 5.74) is 7.68. The number of hydrogen-bond donors (Lipinski definition) is 1. The van der Waals surface area contributed by atoms with Gasteiger partial charge in [-0.25, -0.2) is 0 Å². The van der Waals surface area contributed by atoms with E-state index >= 15 is 0 Å². The predicted molar refractivity (Wildman–Crippen MR) is 80.8 cm³/mol. The lowest BCUT2D eigenvalue weighted by Crippen LogP contribution is -2.48. The summed E-state index contributed by atoms with van der Waals surface area (Å²) in [5, 5.41) is 0. The number of piperidine rings is 1. The van der Waals surface area contributed by atoms with E-state index in [9.17, 15) is 0 Å². The van der Waals surface area contributed by atoms with Gasteiger partial charge in [0.2, 0.25) is 0 Å². The summed E-state index contributed by atoms with van der Waals surface area (Å²) in [4.78, 5) is 2.55. The molecule has 1 aromatic carbocycles. The molecule has 100 valence electrons. The SMILES string of the molecule is CC(C)N1CCC(CN)(c2cccc(Br)c2)CC1. The van der Waals surface area contributed by atoms with Crippen LogP contribution in [0.5, 0.6) is 0 Å². The lowest BCUT2D eigenvalue weighted by atomic mass is 9.72. The Bertz CT molecular complexity index is 395. The fourth-order valence-electron chi connectivity index (χ4n) is 2.90. The number of rotatable bonds is 3. The fraction of sp³-hybridized carbons (Fsp3) is 0.600. The van der Waals surface area contributed by atoms with E-state index in [0.29, 0.717) is 6.04 Å². The van der Waals surface area contributed by atoms with Crippen LogP contribution in [0.1, 0.15) is 32.3 Å². The Balaban J connectivity index is 2.18. The highest BCUT2D eigenvalue weighted by Gasteiger charge is 2.35. The molecule has 1 aromatic rings. The van der Waals surface area contributed by atoms with Gasteiger partial charge in [-0.2, -0.15) is 0 Å². The number of hydrogen-bond acceptors (Lipinski definition) is 2. The topological polar surface area (TPSA) is 29.3 Å². The Hall–Kier alpha value is -0.380. The van der Waals surface area contributed by atoms with E-state index in [1.165, 1.54) is 5.56 Å². The Morgan fingerprint density at radius 2 is 2.00 bits per heavy atom. The summed E-state index contributed by atoms with van der Waals surface area (Å²) in [6.07, 6.45) is 2.33. The molecule has 2 rings (SSSR count). The van der Waals surface area contributed by atoms with E-state index in [-0.39, 0.29) is 5.41 Å². The zero-order valence-electron chi connectivity index (χ0n) is 11.3. The van der Waals surface area contributed by atoms with E-state index in [1.54, 1.807) is 0 Å². The van der Waals surface area contributed by atoms with Crippen LogP contribution >= 0.6 is 15.9 Å². The van der Waals surface area contributed by atoms with Crippen LogP contribution in [0.4, 0.5) is 0 Å².